The van der Waals surface area contributed by atoms with Crippen molar-refractivity contribution in [3.63, 3.8) is 0 Å². The summed E-state index contributed by atoms with van der Waals surface area (Å²) >= 11 is 0. The first-order chi connectivity index (χ1) is 8.97. The maximum atomic E-state index is 12.9. The van der Waals surface area contributed by atoms with Crippen molar-refractivity contribution in [1.29, 1.82) is 0 Å². The van der Waals surface area contributed by atoms with Gasteiger partial charge in [-0.25, -0.2) is 0 Å². The number of hydrogen-bond acceptors (Lipinski definition) is 3. The van der Waals surface area contributed by atoms with Gasteiger partial charge in [0.05, 0.1) is 17.3 Å². The van der Waals surface area contributed by atoms with E-state index in [-0.39, 0.29) is 6.42 Å². The Morgan fingerprint density at radius 3 is 2.58 bits per heavy atom. The van der Waals surface area contributed by atoms with E-state index in [9.17, 15) is 13.2 Å². The minimum Gasteiger partial charge on any atom is -0.308 e. The second kappa shape index (κ2) is 5.86. The van der Waals surface area contributed by atoms with Crippen LogP contribution in [0.1, 0.15) is 37.1 Å². The summed E-state index contributed by atoms with van der Waals surface area (Å²) in [7, 11) is 0. The summed E-state index contributed by atoms with van der Waals surface area (Å²) in [6, 6.07) is -0.503. The van der Waals surface area contributed by atoms with Crippen LogP contribution in [-0.4, -0.2) is 22.2 Å². The van der Waals surface area contributed by atoms with E-state index in [1.54, 1.807) is 12.4 Å². The van der Waals surface area contributed by atoms with Gasteiger partial charge in [0.1, 0.15) is 0 Å². The van der Waals surface area contributed by atoms with Crippen molar-refractivity contribution in [3.05, 3.63) is 23.8 Å². The van der Waals surface area contributed by atoms with E-state index >= 15 is 0 Å². The predicted octanol–water partition coefficient (Wildman–Crippen LogP) is 3.00. The molecule has 0 saturated heterocycles. The van der Waals surface area contributed by atoms with Gasteiger partial charge in [-0.1, -0.05) is 12.8 Å². The summed E-state index contributed by atoms with van der Waals surface area (Å²) in [6.45, 7) is 2.16. The molecule has 1 aromatic rings. The fourth-order valence-electron chi connectivity index (χ4n) is 2.51. The molecule has 1 heterocycles. The zero-order valence-electron chi connectivity index (χ0n) is 10.9. The summed E-state index contributed by atoms with van der Waals surface area (Å²) < 4.78 is 38.7. The smallest absolute Gasteiger partial charge is 0.308 e. The second-order valence-electron chi connectivity index (χ2n) is 5.07. The maximum Gasteiger partial charge on any atom is 0.393 e. The molecule has 1 fully saturated rings. The minimum absolute atomic E-state index is 0.223. The van der Waals surface area contributed by atoms with Crippen LogP contribution in [0.3, 0.4) is 0 Å². The van der Waals surface area contributed by atoms with Gasteiger partial charge in [0, 0.05) is 25.0 Å². The predicted molar refractivity (Wildman–Crippen MR) is 65.4 cm³/mol. The first-order valence-corrected chi connectivity index (χ1v) is 6.54. The number of aryl methyl sites for hydroxylation is 1. The lowest BCUT2D eigenvalue weighted by molar-refractivity contribution is -0.189. The Balaban J connectivity index is 1.94. The number of halogens is 3. The summed E-state index contributed by atoms with van der Waals surface area (Å²) in [4.78, 5) is 8.23. The number of rotatable bonds is 3. The van der Waals surface area contributed by atoms with Gasteiger partial charge < -0.3 is 5.32 Å². The van der Waals surface area contributed by atoms with Gasteiger partial charge in [0.2, 0.25) is 0 Å². The molecule has 2 rings (SSSR count). The monoisotopic (exact) mass is 273 g/mol. The van der Waals surface area contributed by atoms with Crippen LogP contribution in [0.5, 0.6) is 0 Å². The molecule has 1 aliphatic carbocycles. The first-order valence-electron chi connectivity index (χ1n) is 6.54. The van der Waals surface area contributed by atoms with Crippen LogP contribution in [0.4, 0.5) is 13.2 Å². The van der Waals surface area contributed by atoms with Gasteiger partial charge in [-0.3, -0.25) is 9.97 Å². The average Bonchev–Trinajstić information content (AvgIpc) is 2.37. The van der Waals surface area contributed by atoms with Crippen molar-refractivity contribution >= 4 is 0 Å². The molecule has 0 aromatic carbocycles. The van der Waals surface area contributed by atoms with E-state index in [2.05, 4.69) is 15.3 Å². The first kappa shape index (κ1) is 14.2. The molecule has 0 aliphatic heterocycles. The van der Waals surface area contributed by atoms with Crippen molar-refractivity contribution in [1.82, 2.24) is 15.3 Å². The molecule has 1 aromatic heterocycles. The summed E-state index contributed by atoms with van der Waals surface area (Å²) in [5.74, 6) is -1.24. The fourth-order valence-corrected chi connectivity index (χ4v) is 2.51. The molecule has 6 heteroatoms. The van der Waals surface area contributed by atoms with E-state index in [0.29, 0.717) is 25.1 Å². The largest absolute Gasteiger partial charge is 0.393 e. The summed E-state index contributed by atoms with van der Waals surface area (Å²) in [5.41, 5.74) is 1.48. The Bertz CT molecular complexity index is 403. The highest BCUT2D eigenvalue weighted by Crippen LogP contribution is 2.37. The van der Waals surface area contributed by atoms with Gasteiger partial charge in [0.15, 0.2) is 0 Å². The number of nitrogens with zero attached hydrogens (tertiary/aromatic N) is 2. The molecule has 1 aliphatic rings. The van der Waals surface area contributed by atoms with E-state index in [1.165, 1.54) is 0 Å². The van der Waals surface area contributed by atoms with Gasteiger partial charge in [0.25, 0.3) is 0 Å². The lowest BCUT2D eigenvalue weighted by Crippen LogP contribution is -2.45. The van der Waals surface area contributed by atoms with E-state index < -0.39 is 18.1 Å². The summed E-state index contributed by atoms with van der Waals surface area (Å²) in [6.07, 6.45) is 1.42. The van der Waals surface area contributed by atoms with E-state index in [4.69, 9.17) is 0 Å². The Hall–Kier alpha value is -1.17. The van der Waals surface area contributed by atoms with Crippen LogP contribution >= 0.6 is 0 Å². The topological polar surface area (TPSA) is 37.8 Å². The minimum atomic E-state index is -4.11. The molecule has 0 bridgehead atoms. The lowest BCUT2D eigenvalue weighted by atomic mass is 9.84. The van der Waals surface area contributed by atoms with E-state index in [1.807, 2.05) is 6.92 Å². The third-order valence-corrected chi connectivity index (χ3v) is 3.57. The third kappa shape index (κ3) is 3.89. The average molecular weight is 273 g/mol. The third-order valence-electron chi connectivity index (χ3n) is 3.57. The highest BCUT2D eigenvalue weighted by molar-refractivity contribution is 5.01. The van der Waals surface area contributed by atoms with Crippen molar-refractivity contribution in [2.75, 3.05) is 0 Å². The van der Waals surface area contributed by atoms with Gasteiger partial charge in [-0.15, -0.1) is 0 Å². The van der Waals surface area contributed by atoms with E-state index in [0.717, 1.165) is 12.1 Å². The van der Waals surface area contributed by atoms with Crippen molar-refractivity contribution in [3.8, 4) is 0 Å². The molecule has 19 heavy (non-hydrogen) atoms. The quantitative estimate of drug-likeness (QED) is 0.920. The molecule has 1 saturated carbocycles. The van der Waals surface area contributed by atoms with Gasteiger partial charge in [-0.2, -0.15) is 13.2 Å². The fraction of sp³-hybridized carbons (Fsp3) is 0.692. The normalized spacial score (nSPS) is 24.4. The second-order valence-corrected chi connectivity index (χ2v) is 5.07. The number of nitrogens with one attached hydrogen (secondary N) is 1. The Morgan fingerprint density at radius 1 is 1.21 bits per heavy atom. The molecular weight excluding hydrogens is 255 g/mol. The molecular formula is C13H18F3N3. The molecule has 3 nitrogen and oxygen atoms in total. The molecule has 2 atom stereocenters. The van der Waals surface area contributed by atoms with Crippen LogP contribution in [0, 0.1) is 12.8 Å². The lowest BCUT2D eigenvalue weighted by Gasteiger charge is -2.33. The van der Waals surface area contributed by atoms with Crippen LogP contribution in [0.15, 0.2) is 12.4 Å². The molecule has 2 unspecified atom stereocenters. The Kier molecular flexibility index (Phi) is 4.39. The SMILES string of the molecule is Cc1cnc(CNC2CCCCC2C(F)(F)F)cn1. The van der Waals surface area contributed by atoms with Crippen molar-refractivity contribution < 1.29 is 13.2 Å². The van der Waals surface area contributed by atoms with Crippen LogP contribution in [-0.2, 0) is 6.54 Å². The molecule has 1 N–H and O–H groups in total. The zero-order chi connectivity index (χ0) is 13.9. The number of alkyl halides is 3. The van der Waals surface area contributed by atoms with Crippen LogP contribution in [0.25, 0.3) is 0 Å². The molecule has 0 radical (unpaired) electrons. The van der Waals surface area contributed by atoms with Crippen molar-refractivity contribution in [2.24, 2.45) is 5.92 Å². The summed E-state index contributed by atoms with van der Waals surface area (Å²) in [5, 5.41) is 2.99. The van der Waals surface area contributed by atoms with Gasteiger partial charge >= 0.3 is 6.18 Å². The Labute approximate surface area is 110 Å². The highest BCUT2D eigenvalue weighted by atomic mass is 19.4. The molecule has 106 valence electrons. The van der Waals surface area contributed by atoms with Crippen molar-refractivity contribution in [2.45, 2.75) is 51.4 Å². The number of hydrogen-bond donors (Lipinski definition) is 1. The maximum absolute atomic E-state index is 12.9. The van der Waals surface area contributed by atoms with Gasteiger partial charge in [-0.05, 0) is 19.8 Å². The van der Waals surface area contributed by atoms with Crippen LogP contribution in [0.2, 0.25) is 0 Å². The standard InChI is InChI=1S/C13H18F3N3/c1-9-6-18-10(7-17-9)8-19-12-5-3-2-4-11(12)13(14,15)16/h6-7,11-12,19H,2-5,8H2,1H3. The molecule has 0 amide bonds. The van der Waals surface area contributed by atoms with Crippen LogP contribution < -0.4 is 5.32 Å². The number of aromatic nitrogens is 2. The highest BCUT2D eigenvalue weighted by Gasteiger charge is 2.45. The molecule has 0 spiro atoms. The zero-order valence-corrected chi connectivity index (χ0v) is 10.9. The Morgan fingerprint density at radius 2 is 1.95 bits per heavy atom.